The highest BCUT2D eigenvalue weighted by Gasteiger charge is 2.14. The van der Waals surface area contributed by atoms with Gasteiger partial charge in [-0.25, -0.2) is 9.97 Å². The third-order valence-corrected chi connectivity index (χ3v) is 2.18. The average molecular weight is 241 g/mol. The summed E-state index contributed by atoms with van der Waals surface area (Å²) in [5, 5.41) is 0. The van der Waals surface area contributed by atoms with Crippen LogP contribution in [0, 0.1) is 5.95 Å². The first-order valence-corrected chi connectivity index (χ1v) is 5.60. The Bertz CT molecular complexity index is 385. The topological polar surface area (TPSA) is 78.1 Å². The van der Waals surface area contributed by atoms with Gasteiger partial charge in [-0.05, 0) is 6.42 Å². The maximum Gasteiger partial charge on any atom is 0.273 e. The van der Waals surface area contributed by atoms with E-state index < -0.39 is 11.9 Å². The van der Waals surface area contributed by atoms with Gasteiger partial charge in [0, 0.05) is 0 Å². The van der Waals surface area contributed by atoms with Crippen molar-refractivity contribution in [3.63, 3.8) is 0 Å². The SMILES string of the molecule is CCCCCCOc1ncc(F)nc1C(N)=O. The molecule has 1 rings (SSSR count). The zero-order valence-electron chi connectivity index (χ0n) is 9.78. The molecule has 0 unspecified atom stereocenters. The van der Waals surface area contributed by atoms with E-state index >= 15 is 0 Å². The third kappa shape index (κ3) is 4.34. The summed E-state index contributed by atoms with van der Waals surface area (Å²) in [7, 11) is 0. The number of rotatable bonds is 7. The van der Waals surface area contributed by atoms with Crippen LogP contribution in [0.15, 0.2) is 6.20 Å². The number of carbonyl (C=O) groups is 1. The van der Waals surface area contributed by atoms with Crippen LogP contribution in [0.5, 0.6) is 5.88 Å². The van der Waals surface area contributed by atoms with Gasteiger partial charge in [-0.15, -0.1) is 0 Å². The molecule has 1 heterocycles. The van der Waals surface area contributed by atoms with Crippen molar-refractivity contribution in [3.05, 3.63) is 17.8 Å². The van der Waals surface area contributed by atoms with Gasteiger partial charge in [-0.3, -0.25) is 4.79 Å². The Morgan fingerprint density at radius 3 is 2.88 bits per heavy atom. The molecule has 1 amide bonds. The summed E-state index contributed by atoms with van der Waals surface area (Å²) in [6, 6.07) is 0. The molecule has 0 spiro atoms. The second kappa shape index (κ2) is 6.78. The van der Waals surface area contributed by atoms with Crippen LogP contribution < -0.4 is 10.5 Å². The number of primary amides is 1. The Morgan fingerprint density at radius 1 is 1.47 bits per heavy atom. The van der Waals surface area contributed by atoms with Crippen molar-refractivity contribution >= 4 is 5.91 Å². The van der Waals surface area contributed by atoms with E-state index in [9.17, 15) is 9.18 Å². The molecule has 0 bridgehead atoms. The Balaban J connectivity index is 2.55. The van der Waals surface area contributed by atoms with E-state index in [1.54, 1.807) is 0 Å². The van der Waals surface area contributed by atoms with Gasteiger partial charge in [-0.2, -0.15) is 4.39 Å². The number of aromatic nitrogens is 2. The minimum atomic E-state index is -0.850. The van der Waals surface area contributed by atoms with Gasteiger partial charge in [0.25, 0.3) is 5.91 Å². The number of ether oxygens (including phenoxy) is 1. The normalized spacial score (nSPS) is 10.2. The van der Waals surface area contributed by atoms with Gasteiger partial charge in [0.15, 0.2) is 5.69 Å². The third-order valence-electron chi connectivity index (χ3n) is 2.18. The number of halogens is 1. The van der Waals surface area contributed by atoms with E-state index in [0.717, 1.165) is 31.9 Å². The summed E-state index contributed by atoms with van der Waals surface area (Å²) in [5.41, 5.74) is 4.78. The molecule has 5 nitrogen and oxygen atoms in total. The average Bonchev–Trinajstić information content (AvgIpc) is 2.30. The summed E-state index contributed by atoms with van der Waals surface area (Å²) in [6.07, 6.45) is 5.04. The van der Waals surface area contributed by atoms with E-state index in [2.05, 4.69) is 16.9 Å². The summed E-state index contributed by atoms with van der Waals surface area (Å²) < 4.78 is 18.0. The number of hydrogen-bond acceptors (Lipinski definition) is 4. The maximum absolute atomic E-state index is 12.8. The van der Waals surface area contributed by atoms with Crippen LogP contribution in [0.2, 0.25) is 0 Å². The van der Waals surface area contributed by atoms with Gasteiger partial charge >= 0.3 is 0 Å². The summed E-state index contributed by atoms with van der Waals surface area (Å²) in [5.74, 6) is -1.70. The fourth-order valence-corrected chi connectivity index (χ4v) is 1.32. The molecule has 0 aliphatic heterocycles. The molecule has 6 heteroatoms. The van der Waals surface area contributed by atoms with Gasteiger partial charge in [0.1, 0.15) is 0 Å². The lowest BCUT2D eigenvalue weighted by molar-refractivity contribution is 0.0988. The lowest BCUT2D eigenvalue weighted by atomic mass is 10.2. The molecule has 2 N–H and O–H groups in total. The molecule has 17 heavy (non-hydrogen) atoms. The van der Waals surface area contributed by atoms with Gasteiger partial charge < -0.3 is 10.5 Å². The molecular formula is C11H16FN3O2. The molecule has 0 aliphatic carbocycles. The second-order valence-electron chi connectivity index (χ2n) is 3.62. The number of hydrogen-bond donors (Lipinski definition) is 1. The van der Waals surface area contributed by atoms with Crippen molar-refractivity contribution < 1.29 is 13.9 Å². The van der Waals surface area contributed by atoms with Crippen LogP contribution in [0.25, 0.3) is 0 Å². The van der Waals surface area contributed by atoms with Crippen LogP contribution in [0.3, 0.4) is 0 Å². The Labute approximate surface area is 99.2 Å². The highest BCUT2D eigenvalue weighted by Crippen LogP contribution is 2.12. The van der Waals surface area contributed by atoms with Crippen molar-refractivity contribution in [1.82, 2.24) is 9.97 Å². The highest BCUT2D eigenvalue weighted by atomic mass is 19.1. The Hall–Kier alpha value is -1.72. The number of nitrogens with two attached hydrogens (primary N) is 1. The quantitative estimate of drug-likeness (QED) is 0.736. The summed E-state index contributed by atoms with van der Waals surface area (Å²) >= 11 is 0. The van der Waals surface area contributed by atoms with Crippen molar-refractivity contribution in [1.29, 1.82) is 0 Å². The van der Waals surface area contributed by atoms with Crippen LogP contribution in [-0.2, 0) is 0 Å². The van der Waals surface area contributed by atoms with Crippen molar-refractivity contribution in [2.45, 2.75) is 32.6 Å². The van der Waals surface area contributed by atoms with Crippen LogP contribution in [-0.4, -0.2) is 22.5 Å². The molecule has 94 valence electrons. The fraction of sp³-hybridized carbons (Fsp3) is 0.545. The number of nitrogens with zero attached hydrogens (tertiary/aromatic N) is 2. The Morgan fingerprint density at radius 2 is 2.24 bits per heavy atom. The predicted molar refractivity (Wildman–Crippen MR) is 60.1 cm³/mol. The monoisotopic (exact) mass is 241 g/mol. The van der Waals surface area contributed by atoms with E-state index in [0.29, 0.717) is 6.61 Å². The van der Waals surface area contributed by atoms with E-state index in [-0.39, 0.29) is 11.6 Å². The largest absolute Gasteiger partial charge is 0.476 e. The zero-order chi connectivity index (χ0) is 12.7. The lowest BCUT2D eigenvalue weighted by Gasteiger charge is -2.07. The van der Waals surface area contributed by atoms with Gasteiger partial charge in [0.05, 0.1) is 12.8 Å². The maximum atomic E-state index is 12.8. The van der Waals surface area contributed by atoms with E-state index in [4.69, 9.17) is 10.5 Å². The molecule has 0 saturated heterocycles. The second-order valence-corrected chi connectivity index (χ2v) is 3.62. The van der Waals surface area contributed by atoms with Crippen LogP contribution >= 0.6 is 0 Å². The molecule has 1 aromatic rings. The molecular weight excluding hydrogens is 225 g/mol. The van der Waals surface area contributed by atoms with Gasteiger partial charge in [0.2, 0.25) is 11.8 Å². The number of carbonyl (C=O) groups excluding carboxylic acids is 1. The van der Waals surface area contributed by atoms with E-state index in [1.165, 1.54) is 0 Å². The molecule has 0 fully saturated rings. The first kappa shape index (κ1) is 13.3. The van der Waals surface area contributed by atoms with Crippen molar-refractivity contribution in [3.8, 4) is 5.88 Å². The standard InChI is InChI=1S/C11H16FN3O2/c1-2-3-4-5-6-17-11-9(10(13)16)15-8(12)7-14-11/h7H,2-6H2,1H3,(H2,13,16). The Kier molecular flexibility index (Phi) is 5.32. The highest BCUT2D eigenvalue weighted by molar-refractivity contribution is 5.92. The minimum absolute atomic E-state index is 0.00426. The first-order valence-electron chi connectivity index (χ1n) is 5.60. The predicted octanol–water partition coefficient (Wildman–Crippen LogP) is 1.67. The molecule has 1 aromatic heterocycles. The molecule has 0 aliphatic rings. The van der Waals surface area contributed by atoms with Crippen LogP contribution in [0.4, 0.5) is 4.39 Å². The fourth-order valence-electron chi connectivity index (χ4n) is 1.32. The van der Waals surface area contributed by atoms with E-state index in [1.807, 2.05) is 0 Å². The zero-order valence-corrected chi connectivity index (χ0v) is 9.78. The molecule has 0 radical (unpaired) electrons. The lowest BCUT2D eigenvalue weighted by Crippen LogP contribution is -2.17. The number of amides is 1. The summed E-state index contributed by atoms with van der Waals surface area (Å²) in [4.78, 5) is 18.0. The molecule has 0 atom stereocenters. The first-order chi connectivity index (χ1) is 8.15. The van der Waals surface area contributed by atoms with Crippen molar-refractivity contribution in [2.24, 2.45) is 5.73 Å². The minimum Gasteiger partial charge on any atom is -0.476 e. The molecule has 0 aromatic carbocycles. The smallest absolute Gasteiger partial charge is 0.273 e. The number of unbranched alkanes of at least 4 members (excludes halogenated alkanes) is 3. The van der Waals surface area contributed by atoms with Crippen molar-refractivity contribution in [2.75, 3.05) is 6.61 Å². The molecule has 0 saturated carbocycles. The summed E-state index contributed by atoms with van der Waals surface area (Å²) in [6.45, 7) is 2.53. The van der Waals surface area contributed by atoms with Gasteiger partial charge in [-0.1, -0.05) is 26.2 Å². The van der Waals surface area contributed by atoms with Crippen LogP contribution in [0.1, 0.15) is 43.1 Å².